The molecule has 0 spiro atoms. The van der Waals surface area contributed by atoms with E-state index in [1.165, 1.54) is 109 Å². The number of nitrogens with zero attached hydrogens (tertiary/aromatic N) is 2. The quantitative estimate of drug-likeness (QED) is 0.0872. The summed E-state index contributed by atoms with van der Waals surface area (Å²) in [7, 11) is 0. The highest BCUT2D eigenvalue weighted by atomic mass is 16.4. The van der Waals surface area contributed by atoms with E-state index >= 15 is 0 Å². The first-order chi connectivity index (χ1) is 17.1. The van der Waals surface area contributed by atoms with E-state index in [1.54, 1.807) is 6.20 Å². The molecule has 0 bridgehead atoms. The van der Waals surface area contributed by atoms with Crippen LogP contribution < -0.4 is 10.8 Å². The molecular weight excluding hydrogens is 434 g/mol. The molecule has 1 aliphatic rings. The lowest BCUT2D eigenvalue weighted by Crippen LogP contribution is -2.55. The van der Waals surface area contributed by atoms with Crippen molar-refractivity contribution < 1.29 is 14.4 Å². The second kappa shape index (κ2) is 21.8. The van der Waals surface area contributed by atoms with Gasteiger partial charge in [-0.1, -0.05) is 109 Å². The molecule has 1 atom stereocenters. The normalized spacial score (nSPS) is 17.5. The molecule has 1 aliphatic heterocycles. The molecule has 0 aromatic heterocycles. The molecular formula is C30H55N3O2. The predicted molar refractivity (Wildman–Crippen MR) is 148 cm³/mol. The van der Waals surface area contributed by atoms with Gasteiger partial charge in [-0.15, -0.1) is 0 Å². The number of carbonyl (C=O) groups is 1. The van der Waals surface area contributed by atoms with E-state index in [4.69, 9.17) is 5.73 Å². The van der Waals surface area contributed by atoms with Crippen molar-refractivity contribution in [3.8, 4) is 0 Å². The Bertz CT molecular complexity index is 615. The van der Waals surface area contributed by atoms with Gasteiger partial charge in [0.05, 0.1) is 12.2 Å². The van der Waals surface area contributed by atoms with Crippen LogP contribution in [-0.2, 0) is 4.79 Å². The van der Waals surface area contributed by atoms with Gasteiger partial charge < -0.3 is 15.6 Å². The van der Waals surface area contributed by atoms with E-state index < -0.39 is 5.97 Å². The van der Waals surface area contributed by atoms with Gasteiger partial charge in [0.2, 0.25) is 5.84 Å². The lowest BCUT2D eigenvalue weighted by Gasteiger charge is -2.32. The van der Waals surface area contributed by atoms with Crippen LogP contribution in [0, 0.1) is 0 Å². The number of aliphatic imine (C=N–C) groups is 1. The van der Waals surface area contributed by atoms with Gasteiger partial charge in [0, 0.05) is 13.0 Å². The zero-order chi connectivity index (χ0) is 25.5. The zero-order valence-corrected chi connectivity index (χ0v) is 22.9. The number of amidine groups is 1. The molecule has 1 unspecified atom stereocenters. The van der Waals surface area contributed by atoms with Crippen molar-refractivity contribution in [1.82, 2.24) is 0 Å². The van der Waals surface area contributed by atoms with E-state index in [-0.39, 0.29) is 11.0 Å². The topological polar surface area (TPSA) is 78.5 Å². The predicted octanol–water partition coefficient (Wildman–Crippen LogP) is 6.77. The van der Waals surface area contributed by atoms with E-state index in [2.05, 4.69) is 24.1 Å². The molecule has 1 rings (SSSR count). The number of hydrogen-bond acceptors (Lipinski definition) is 4. The Hall–Kier alpha value is -1.46. The van der Waals surface area contributed by atoms with Crippen molar-refractivity contribution >= 4 is 11.8 Å². The minimum Gasteiger partial charge on any atom is -0.544 e. The van der Waals surface area contributed by atoms with Crippen molar-refractivity contribution in [1.29, 1.82) is 0 Å². The largest absolute Gasteiger partial charge is 0.544 e. The average molecular weight is 490 g/mol. The first-order valence-electron chi connectivity index (χ1n) is 14.8. The Labute approximate surface area is 216 Å². The minimum atomic E-state index is -1.05. The van der Waals surface area contributed by atoms with Gasteiger partial charge >= 0.3 is 0 Å². The van der Waals surface area contributed by atoms with Crippen LogP contribution in [0.4, 0.5) is 0 Å². The summed E-state index contributed by atoms with van der Waals surface area (Å²) in [6, 6.07) is 0. The molecule has 0 radical (unpaired) electrons. The van der Waals surface area contributed by atoms with E-state index in [0.29, 0.717) is 13.1 Å². The van der Waals surface area contributed by atoms with Gasteiger partial charge in [0.1, 0.15) is 19.3 Å². The number of carboxylic acid groups (broad SMARTS) is 1. The summed E-state index contributed by atoms with van der Waals surface area (Å²) < 4.78 is 0.237. The fourth-order valence-electron chi connectivity index (χ4n) is 5.04. The number of unbranched alkanes of at least 4 members (excludes halogenated alkanes) is 17. The van der Waals surface area contributed by atoms with Crippen LogP contribution >= 0.6 is 0 Å². The summed E-state index contributed by atoms with van der Waals surface area (Å²) in [5.41, 5.74) is 5.72. The molecule has 0 saturated carbocycles. The van der Waals surface area contributed by atoms with Crippen molar-refractivity contribution in [2.75, 3.05) is 19.6 Å². The van der Waals surface area contributed by atoms with Crippen LogP contribution in [0.2, 0.25) is 0 Å². The molecule has 202 valence electrons. The van der Waals surface area contributed by atoms with Gasteiger partial charge in [-0.2, -0.15) is 0 Å². The van der Waals surface area contributed by atoms with Crippen molar-refractivity contribution in [3.05, 3.63) is 24.6 Å². The van der Waals surface area contributed by atoms with Crippen molar-refractivity contribution in [2.45, 2.75) is 135 Å². The maximum Gasteiger partial charge on any atom is 0.207 e. The Morgan fingerprint density at radius 1 is 0.829 bits per heavy atom. The maximum absolute atomic E-state index is 11.2. The molecule has 0 saturated heterocycles. The van der Waals surface area contributed by atoms with Crippen LogP contribution in [0.15, 0.2) is 29.5 Å². The fraction of sp³-hybridized carbons (Fsp3) is 0.800. The second-order valence-corrected chi connectivity index (χ2v) is 10.4. The Morgan fingerprint density at radius 3 is 1.80 bits per heavy atom. The summed E-state index contributed by atoms with van der Waals surface area (Å²) >= 11 is 0. The number of quaternary nitrogens is 1. The lowest BCUT2D eigenvalue weighted by molar-refractivity contribution is -0.780. The Kier molecular flexibility index (Phi) is 19.7. The molecule has 0 fully saturated rings. The van der Waals surface area contributed by atoms with E-state index in [1.807, 2.05) is 6.20 Å². The third kappa shape index (κ3) is 16.0. The van der Waals surface area contributed by atoms with Crippen molar-refractivity contribution in [2.24, 2.45) is 10.7 Å². The number of rotatable bonds is 25. The fourth-order valence-corrected chi connectivity index (χ4v) is 5.04. The Balaban J connectivity index is 1.90. The third-order valence-corrected chi connectivity index (χ3v) is 7.19. The standard InChI is InChI=1S/C30H55N3O2/c1-2-3-4-5-6-7-8-9-10-11-12-13-14-15-16-17-18-19-20-21-22-23-29-32-25-27-33(29,26-24-31)28-30(34)35/h16-17,25,27H,2-15,18-24,26,28,31H2,1H3/b17-16+. The Morgan fingerprint density at radius 2 is 1.31 bits per heavy atom. The molecule has 0 aromatic rings. The number of nitrogens with two attached hydrogens (primary N) is 1. The van der Waals surface area contributed by atoms with Crippen LogP contribution in [0.25, 0.3) is 0 Å². The number of carbonyl (C=O) groups excluding carboxylic acids is 1. The second-order valence-electron chi connectivity index (χ2n) is 10.4. The van der Waals surface area contributed by atoms with Crippen LogP contribution in [0.3, 0.4) is 0 Å². The van der Waals surface area contributed by atoms with Crippen LogP contribution in [0.5, 0.6) is 0 Å². The monoisotopic (exact) mass is 489 g/mol. The first kappa shape index (κ1) is 31.6. The SMILES string of the molecule is CCCCCCCCCCCCCCC/C=C/CCCCCCC1=NC=C[N+]1(CCN)CC(=O)[O-]. The highest BCUT2D eigenvalue weighted by molar-refractivity contribution is 5.80. The highest BCUT2D eigenvalue weighted by Crippen LogP contribution is 2.21. The lowest BCUT2D eigenvalue weighted by atomic mass is 10.0. The van der Waals surface area contributed by atoms with Crippen molar-refractivity contribution in [3.63, 3.8) is 0 Å². The van der Waals surface area contributed by atoms with Crippen LogP contribution in [-0.4, -0.2) is 35.9 Å². The van der Waals surface area contributed by atoms with Gasteiger partial charge in [-0.05, 0) is 32.1 Å². The summed E-state index contributed by atoms with van der Waals surface area (Å²) in [5, 5.41) is 11.2. The van der Waals surface area contributed by atoms with Gasteiger partial charge in [0.25, 0.3) is 0 Å². The summed E-state index contributed by atoms with van der Waals surface area (Å²) in [5.74, 6) is -0.138. The third-order valence-electron chi connectivity index (χ3n) is 7.19. The van der Waals surface area contributed by atoms with E-state index in [9.17, 15) is 9.90 Å². The number of allylic oxidation sites excluding steroid dienone is 2. The molecule has 0 amide bonds. The number of hydrogen-bond donors (Lipinski definition) is 1. The maximum atomic E-state index is 11.2. The van der Waals surface area contributed by atoms with Gasteiger partial charge in [0.15, 0.2) is 0 Å². The summed E-state index contributed by atoms with van der Waals surface area (Å²) in [6.45, 7) is 3.21. The van der Waals surface area contributed by atoms with Gasteiger partial charge in [-0.3, -0.25) is 0 Å². The first-order valence-corrected chi connectivity index (χ1v) is 14.8. The molecule has 35 heavy (non-hydrogen) atoms. The van der Waals surface area contributed by atoms with Crippen LogP contribution in [0.1, 0.15) is 135 Å². The molecule has 0 aliphatic carbocycles. The highest BCUT2D eigenvalue weighted by Gasteiger charge is 2.34. The molecule has 5 heteroatoms. The smallest absolute Gasteiger partial charge is 0.207 e. The zero-order valence-electron chi connectivity index (χ0n) is 22.9. The summed E-state index contributed by atoms with van der Waals surface area (Å²) in [4.78, 5) is 15.6. The molecule has 1 heterocycles. The average Bonchev–Trinajstić information content (AvgIpc) is 3.21. The number of carboxylic acids is 1. The summed E-state index contributed by atoms with van der Waals surface area (Å²) in [6.07, 6.45) is 34.5. The van der Waals surface area contributed by atoms with Gasteiger partial charge in [-0.25, -0.2) is 9.48 Å². The molecule has 0 aromatic carbocycles. The molecule has 2 N–H and O–H groups in total. The molecule has 5 nitrogen and oxygen atoms in total. The number of aliphatic carboxylic acids is 1. The minimum absolute atomic E-state index is 0.0728. The van der Waals surface area contributed by atoms with E-state index in [0.717, 1.165) is 25.1 Å².